The van der Waals surface area contributed by atoms with Crippen molar-refractivity contribution in [3.63, 3.8) is 0 Å². The summed E-state index contributed by atoms with van der Waals surface area (Å²) in [4.78, 5) is 28.9. The topological polar surface area (TPSA) is 49.4 Å². The number of halogens is 2. The van der Waals surface area contributed by atoms with Gasteiger partial charge in [-0.05, 0) is 54.7 Å². The Bertz CT molecular complexity index is 1110. The summed E-state index contributed by atoms with van der Waals surface area (Å²) >= 11 is 9.80. The molecule has 0 aliphatic rings. The van der Waals surface area contributed by atoms with E-state index in [9.17, 15) is 9.59 Å². The van der Waals surface area contributed by atoms with Gasteiger partial charge in [-0.1, -0.05) is 95.1 Å². The van der Waals surface area contributed by atoms with Crippen LogP contribution in [-0.2, 0) is 29.0 Å². The molecule has 0 heterocycles. The van der Waals surface area contributed by atoms with E-state index in [0.29, 0.717) is 24.4 Å². The molecule has 2 unspecified atom stereocenters. The molecule has 6 heteroatoms. The van der Waals surface area contributed by atoms with Crippen LogP contribution >= 0.6 is 27.5 Å². The first kappa shape index (κ1) is 27.0. The molecule has 0 radical (unpaired) electrons. The molecule has 3 rings (SSSR count). The Kier molecular flexibility index (Phi) is 10.4. The zero-order chi connectivity index (χ0) is 25.2. The lowest BCUT2D eigenvalue weighted by molar-refractivity contribution is -0.141. The van der Waals surface area contributed by atoms with Crippen molar-refractivity contribution in [2.24, 2.45) is 0 Å². The van der Waals surface area contributed by atoms with Crippen molar-refractivity contribution in [2.45, 2.75) is 58.2 Å². The Morgan fingerprint density at radius 2 is 1.60 bits per heavy atom. The Labute approximate surface area is 221 Å². The van der Waals surface area contributed by atoms with Gasteiger partial charge in [-0.25, -0.2) is 0 Å². The highest BCUT2D eigenvalue weighted by molar-refractivity contribution is 9.10. The second kappa shape index (κ2) is 13.5. The highest BCUT2D eigenvalue weighted by Crippen LogP contribution is 2.21. The molecular weight excluding hydrogens is 524 g/mol. The molecule has 0 saturated heterocycles. The second-order valence-electron chi connectivity index (χ2n) is 8.76. The molecule has 0 aromatic heterocycles. The summed E-state index contributed by atoms with van der Waals surface area (Å²) in [5.41, 5.74) is 2.90. The van der Waals surface area contributed by atoms with Gasteiger partial charge < -0.3 is 10.2 Å². The molecule has 3 aromatic rings. The molecule has 2 amide bonds. The largest absolute Gasteiger partial charge is 0.352 e. The monoisotopic (exact) mass is 554 g/mol. The first-order valence-electron chi connectivity index (χ1n) is 12.0. The third kappa shape index (κ3) is 8.22. The molecule has 4 nitrogen and oxygen atoms in total. The van der Waals surface area contributed by atoms with Gasteiger partial charge in [-0.2, -0.15) is 0 Å². The van der Waals surface area contributed by atoms with Crippen LogP contribution in [0.5, 0.6) is 0 Å². The summed E-state index contributed by atoms with van der Waals surface area (Å²) < 4.78 is 0.966. The maximum Gasteiger partial charge on any atom is 0.243 e. The van der Waals surface area contributed by atoms with E-state index in [1.165, 1.54) is 0 Å². The van der Waals surface area contributed by atoms with Gasteiger partial charge in [0.1, 0.15) is 6.04 Å². The van der Waals surface area contributed by atoms with Crippen LogP contribution in [0.2, 0.25) is 5.02 Å². The smallest absolute Gasteiger partial charge is 0.243 e. The van der Waals surface area contributed by atoms with Crippen molar-refractivity contribution in [3.05, 3.63) is 105 Å². The molecule has 0 bridgehead atoms. The Hall–Kier alpha value is -2.63. The van der Waals surface area contributed by atoms with Crippen LogP contribution in [0.25, 0.3) is 0 Å². The van der Waals surface area contributed by atoms with E-state index in [2.05, 4.69) is 21.2 Å². The molecule has 0 saturated carbocycles. The van der Waals surface area contributed by atoms with Gasteiger partial charge in [0, 0.05) is 34.9 Å². The number of carbonyl (C=O) groups is 2. The maximum absolute atomic E-state index is 13.7. The van der Waals surface area contributed by atoms with Gasteiger partial charge in [0.2, 0.25) is 11.8 Å². The first-order chi connectivity index (χ1) is 16.9. The van der Waals surface area contributed by atoms with Crippen LogP contribution in [0.15, 0.2) is 83.3 Å². The summed E-state index contributed by atoms with van der Waals surface area (Å²) in [6, 6.07) is 24.7. The molecule has 35 heavy (non-hydrogen) atoms. The quantitative estimate of drug-likeness (QED) is 0.290. The van der Waals surface area contributed by atoms with Crippen LogP contribution in [0.4, 0.5) is 0 Å². The van der Waals surface area contributed by atoms with E-state index in [4.69, 9.17) is 11.6 Å². The molecule has 2 atom stereocenters. The molecule has 1 N–H and O–H groups in total. The summed E-state index contributed by atoms with van der Waals surface area (Å²) in [5.74, 6) is -0.209. The highest BCUT2D eigenvalue weighted by atomic mass is 79.9. The Morgan fingerprint density at radius 1 is 0.943 bits per heavy atom. The minimum atomic E-state index is -0.631. The van der Waals surface area contributed by atoms with Gasteiger partial charge >= 0.3 is 0 Å². The third-order valence-electron chi connectivity index (χ3n) is 6.10. The number of aryl methyl sites for hydroxylation is 1. The van der Waals surface area contributed by atoms with E-state index < -0.39 is 6.04 Å². The first-order valence-corrected chi connectivity index (χ1v) is 13.2. The van der Waals surface area contributed by atoms with Crippen LogP contribution in [0.1, 0.15) is 43.4 Å². The van der Waals surface area contributed by atoms with Crippen LogP contribution < -0.4 is 5.32 Å². The number of nitrogens with one attached hydrogen (secondary N) is 1. The zero-order valence-electron chi connectivity index (χ0n) is 20.2. The number of carbonyl (C=O) groups excluding carboxylic acids is 2. The molecule has 0 aliphatic heterocycles. The van der Waals surface area contributed by atoms with Crippen LogP contribution in [0, 0.1) is 0 Å². The number of rotatable bonds is 11. The number of hydrogen-bond acceptors (Lipinski definition) is 2. The van der Waals surface area contributed by atoms with Gasteiger partial charge in [0.15, 0.2) is 0 Å². The van der Waals surface area contributed by atoms with Crippen LogP contribution in [-0.4, -0.2) is 28.8 Å². The SMILES string of the molecule is CCC(C)NC(=O)C(Cc1ccccc1)N(Cc1ccc(Br)cc1)C(=O)CCc1ccccc1Cl. The average molecular weight is 556 g/mol. The molecular formula is C29H32BrClN2O2. The predicted molar refractivity (Wildman–Crippen MR) is 146 cm³/mol. The van der Waals surface area contributed by atoms with Crippen molar-refractivity contribution < 1.29 is 9.59 Å². The highest BCUT2D eigenvalue weighted by Gasteiger charge is 2.30. The molecule has 3 aromatic carbocycles. The summed E-state index contributed by atoms with van der Waals surface area (Å²) in [5, 5.41) is 3.75. The molecule has 0 fully saturated rings. The van der Waals surface area contributed by atoms with Gasteiger partial charge in [-0.3, -0.25) is 9.59 Å². The number of hydrogen-bond donors (Lipinski definition) is 1. The van der Waals surface area contributed by atoms with Crippen LogP contribution in [0.3, 0.4) is 0 Å². The lowest BCUT2D eigenvalue weighted by Crippen LogP contribution is -2.52. The number of nitrogens with zero attached hydrogens (tertiary/aromatic N) is 1. The van der Waals surface area contributed by atoms with E-state index >= 15 is 0 Å². The van der Waals surface area contributed by atoms with Crippen molar-refractivity contribution in [3.8, 4) is 0 Å². The minimum absolute atomic E-state index is 0.0218. The lowest BCUT2D eigenvalue weighted by Gasteiger charge is -2.32. The predicted octanol–water partition coefficient (Wildman–Crippen LogP) is 6.59. The standard InChI is InChI=1S/C29H32BrClN2O2/c1-3-21(2)32-29(35)27(19-22-9-5-4-6-10-22)33(20-23-13-16-25(30)17-14-23)28(34)18-15-24-11-7-8-12-26(24)31/h4-14,16-17,21,27H,3,15,18-20H2,1-2H3,(H,32,35). The number of amides is 2. The summed E-state index contributed by atoms with van der Waals surface area (Å²) in [6.45, 7) is 4.36. The fraction of sp³-hybridized carbons (Fsp3) is 0.310. The summed E-state index contributed by atoms with van der Waals surface area (Å²) in [7, 11) is 0. The lowest BCUT2D eigenvalue weighted by atomic mass is 10.0. The number of benzene rings is 3. The van der Waals surface area contributed by atoms with E-state index in [1.807, 2.05) is 92.7 Å². The van der Waals surface area contributed by atoms with Gasteiger partial charge in [0.05, 0.1) is 0 Å². The van der Waals surface area contributed by atoms with Crippen molar-refractivity contribution in [2.75, 3.05) is 0 Å². The fourth-order valence-electron chi connectivity index (χ4n) is 3.87. The molecule has 0 spiro atoms. The zero-order valence-corrected chi connectivity index (χ0v) is 22.6. The Morgan fingerprint density at radius 3 is 2.26 bits per heavy atom. The van der Waals surface area contributed by atoms with E-state index in [1.54, 1.807) is 4.90 Å². The van der Waals surface area contributed by atoms with Crippen molar-refractivity contribution in [1.29, 1.82) is 0 Å². The van der Waals surface area contributed by atoms with E-state index in [0.717, 1.165) is 27.6 Å². The van der Waals surface area contributed by atoms with Gasteiger partial charge in [0.25, 0.3) is 0 Å². The van der Waals surface area contributed by atoms with Crippen molar-refractivity contribution in [1.82, 2.24) is 10.2 Å². The third-order valence-corrected chi connectivity index (χ3v) is 7.00. The van der Waals surface area contributed by atoms with Crippen molar-refractivity contribution >= 4 is 39.3 Å². The minimum Gasteiger partial charge on any atom is -0.352 e. The second-order valence-corrected chi connectivity index (χ2v) is 10.1. The molecule has 184 valence electrons. The normalized spacial score (nSPS) is 12.6. The maximum atomic E-state index is 13.7. The average Bonchev–Trinajstić information content (AvgIpc) is 2.87. The van der Waals surface area contributed by atoms with E-state index in [-0.39, 0.29) is 24.3 Å². The summed E-state index contributed by atoms with van der Waals surface area (Å²) in [6.07, 6.45) is 2.04. The molecule has 0 aliphatic carbocycles. The van der Waals surface area contributed by atoms with Gasteiger partial charge in [-0.15, -0.1) is 0 Å². The Balaban J connectivity index is 1.91. The fourth-order valence-corrected chi connectivity index (χ4v) is 4.36.